The molecule has 140 valence electrons. The minimum Gasteiger partial charge on any atom is -0.494 e. The third-order valence-corrected chi connectivity index (χ3v) is 3.90. The van der Waals surface area contributed by atoms with E-state index in [9.17, 15) is 14.4 Å². The summed E-state index contributed by atoms with van der Waals surface area (Å²) in [5, 5.41) is 11.8. The van der Waals surface area contributed by atoms with Crippen molar-refractivity contribution in [1.82, 2.24) is 0 Å². The largest absolute Gasteiger partial charge is 0.494 e. The Balaban J connectivity index is 1.74. The lowest BCUT2D eigenvalue weighted by molar-refractivity contribution is -0.123. The molecule has 0 fully saturated rings. The molecule has 3 rings (SSSR count). The molecule has 0 aromatic heterocycles. The standard InChI is InChI=1S/C19H18N2O6/c1-2-26-14-6-4-13(5-7-14)20-17(22)10-21-15-9-12(19(24)25)3-8-16(15)27-11-18(21)23/h3-9H,2,10-11H2,1H3,(H,20,22)(H,24,25). The second-order valence-corrected chi connectivity index (χ2v) is 5.76. The van der Waals surface area contributed by atoms with Gasteiger partial charge in [-0.05, 0) is 49.4 Å². The van der Waals surface area contributed by atoms with Gasteiger partial charge in [0.25, 0.3) is 5.91 Å². The van der Waals surface area contributed by atoms with Crippen LogP contribution >= 0.6 is 0 Å². The number of amides is 2. The number of carboxylic acids is 1. The number of carboxylic acid groups (broad SMARTS) is 1. The topological polar surface area (TPSA) is 105 Å². The Labute approximate surface area is 155 Å². The van der Waals surface area contributed by atoms with Crippen LogP contribution in [-0.4, -0.2) is 42.6 Å². The molecule has 8 nitrogen and oxygen atoms in total. The number of hydrogen-bond donors (Lipinski definition) is 2. The zero-order valence-corrected chi connectivity index (χ0v) is 14.6. The van der Waals surface area contributed by atoms with E-state index in [-0.39, 0.29) is 24.4 Å². The first-order valence-corrected chi connectivity index (χ1v) is 8.31. The molecule has 2 amide bonds. The third kappa shape index (κ3) is 4.17. The number of carbonyl (C=O) groups excluding carboxylic acids is 2. The fourth-order valence-electron chi connectivity index (χ4n) is 2.65. The van der Waals surface area contributed by atoms with E-state index in [1.807, 2.05) is 6.92 Å². The minimum absolute atomic E-state index is 0.00368. The lowest BCUT2D eigenvalue weighted by Gasteiger charge is -2.29. The predicted octanol–water partition coefficient (Wildman–Crippen LogP) is 2.15. The molecule has 2 N–H and O–H groups in total. The van der Waals surface area contributed by atoms with Gasteiger partial charge in [-0.25, -0.2) is 4.79 Å². The van der Waals surface area contributed by atoms with Gasteiger partial charge in [0, 0.05) is 5.69 Å². The normalized spacial score (nSPS) is 12.8. The molecule has 0 bridgehead atoms. The lowest BCUT2D eigenvalue weighted by atomic mass is 10.1. The van der Waals surface area contributed by atoms with Gasteiger partial charge in [0.05, 0.1) is 17.9 Å². The van der Waals surface area contributed by atoms with Crippen molar-refractivity contribution in [2.24, 2.45) is 0 Å². The van der Waals surface area contributed by atoms with E-state index in [1.54, 1.807) is 24.3 Å². The molecule has 0 saturated heterocycles. The number of rotatable bonds is 6. The number of carbonyl (C=O) groups is 3. The van der Waals surface area contributed by atoms with Crippen LogP contribution in [0.15, 0.2) is 42.5 Å². The van der Waals surface area contributed by atoms with E-state index in [4.69, 9.17) is 14.6 Å². The summed E-state index contributed by atoms with van der Waals surface area (Å²) < 4.78 is 10.7. The first kappa shape index (κ1) is 18.2. The first-order chi connectivity index (χ1) is 13.0. The fraction of sp³-hybridized carbons (Fsp3) is 0.211. The SMILES string of the molecule is CCOc1ccc(NC(=O)CN2C(=O)COc3ccc(C(=O)O)cc32)cc1. The number of fused-ring (bicyclic) bond motifs is 1. The maximum Gasteiger partial charge on any atom is 0.335 e. The van der Waals surface area contributed by atoms with Crippen LogP contribution < -0.4 is 19.7 Å². The van der Waals surface area contributed by atoms with Crippen molar-refractivity contribution in [3.63, 3.8) is 0 Å². The second-order valence-electron chi connectivity index (χ2n) is 5.76. The van der Waals surface area contributed by atoms with Crippen LogP contribution in [0.5, 0.6) is 11.5 Å². The Morgan fingerprint density at radius 2 is 1.96 bits per heavy atom. The van der Waals surface area contributed by atoms with Gasteiger partial charge in [-0.15, -0.1) is 0 Å². The molecule has 0 unspecified atom stereocenters. The Morgan fingerprint density at radius 1 is 1.22 bits per heavy atom. The fourth-order valence-corrected chi connectivity index (χ4v) is 2.65. The Morgan fingerprint density at radius 3 is 2.63 bits per heavy atom. The average molecular weight is 370 g/mol. The summed E-state index contributed by atoms with van der Waals surface area (Å²) in [6, 6.07) is 11.0. The van der Waals surface area contributed by atoms with Crippen molar-refractivity contribution in [3.8, 4) is 11.5 Å². The molecule has 1 heterocycles. The number of anilines is 2. The van der Waals surface area contributed by atoms with Gasteiger partial charge in [0.2, 0.25) is 5.91 Å². The van der Waals surface area contributed by atoms with Gasteiger partial charge < -0.3 is 19.9 Å². The van der Waals surface area contributed by atoms with Crippen LogP contribution in [0.2, 0.25) is 0 Å². The molecule has 0 aliphatic carbocycles. The predicted molar refractivity (Wildman–Crippen MR) is 97.5 cm³/mol. The Kier molecular flexibility index (Phi) is 5.25. The number of aromatic carboxylic acids is 1. The highest BCUT2D eigenvalue weighted by Crippen LogP contribution is 2.33. The van der Waals surface area contributed by atoms with Crippen LogP contribution in [-0.2, 0) is 9.59 Å². The summed E-state index contributed by atoms with van der Waals surface area (Å²) in [5.41, 5.74) is 0.820. The van der Waals surface area contributed by atoms with Crippen molar-refractivity contribution in [1.29, 1.82) is 0 Å². The molecule has 8 heteroatoms. The van der Waals surface area contributed by atoms with Crippen LogP contribution in [0.3, 0.4) is 0 Å². The first-order valence-electron chi connectivity index (χ1n) is 8.31. The smallest absolute Gasteiger partial charge is 0.335 e. The molecule has 27 heavy (non-hydrogen) atoms. The van der Waals surface area contributed by atoms with E-state index in [0.29, 0.717) is 23.8 Å². The van der Waals surface area contributed by atoms with Gasteiger partial charge in [-0.1, -0.05) is 0 Å². The van der Waals surface area contributed by atoms with Gasteiger partial charge in [-0.2, -0.15) is 0 Å². The number of nitrogens with zero attached hydrogens (tertiary/aromatic N) is 1. The summed E-state index contributed by atoms with van der Waals surface area (Å²) in [5.74, 6) is -0.926. The molecular weight excluding hydrogens is 352 g/mol. The van der Waals surface area contributed by atoms with Crippen molar-refractivity contribution in [3.05, 3.63) is 48.0 Å². The maximum atomic E-state index is 12.4. The molecular formula is C19H18N2O6. The number of nitrogens with one attached hydrogen (secondary N) is 1. The molecule has 0 saturated carbocycles. The van der Waals surface area contributed by atoms with E-state index in [0.717, 1.165) is 0 Å². The zero-order chi connectivity index (χ0) is 19.4. The van der Waals surface area contributed by atoms with Crippen molar-refractivity contribution in [2.75, 3.05) is 30.0 Å². The number of ether oxygens (including phenoxy) is 2. The molecule has 0 atom stereocenters. The third-order valence-electron chi connectivity index (χ3n) is 3.90. The zero-order valence-electron chi connectivity index (χ0n) is 14.6. The summed E-state index contributed by atoms with van der Waals surface area (Å²) in [6.07, 6.45) is 0. The quantitative estimate of drug-likeness (QED) is 0.807. The van der Waals surface area contributed by atoms with Gasteiger partial charge in [0.1, 0.15) is 18.0 Å². The van der Waals surface area contributed by atoms with Gasteiger partial charge in [-0.3, -0.25) is 14.5 Å². The van der Waals surface area contributed by atoms with Crippen molar-refractivity contribution in [2.45, 2.75) is 6.92 Å². The number of hydrogen-bond acceptors (Lipinski definition) is 5. The molecule has 1 aliphatic heterocycles. The monoisotopic (exact) mass is 370 g/mol. The Hall–Kier alpha value is -3.55. The van der Waals surface area contributed by atoms with Crippen LogP contribution in [0.25, 0.3) is 0 Å². The van der Waals surface area contributed by atoms with Crippen molar-refractivity contribution >= 4 is 29.2 Å². The van der Waals surface area contributed by atoms with E-state index < -0.39 is 17.8 Å². The molecule has 0 radical (unpaired) electrons. The minimum atomic E-state index is -1.13. The summed E-state index contributed by atoms with van der Waals surface area (Å²) >= 11 is 0. The van der Waals surface area contributed by atoms with E-state index in [2.05, 4.69) is 5.32 Å². The van der Waals surface area contributed by atoms with Crippen LogP contribution in [0, 0.1) is 0 Å². The summed E-state index contributed by atoms with van der Waals surface area (Å²) in [6.45, 7) is 1.95. The Bertz CT molecular complexity index is 878. The summed E-state index contributed by atoms with van der Waals surface area (Å²) in [7, 11) is 0. The molecule has 2 aromatic rings. The lowest BCUT2D eigenvalue weighted by Crippen LogP contribution is -2.43. The molecule has 1 aliphatic rings. The highest BCUT2D eigenvalue weighted by molar-refractivity contribution is 6.05. The highest BCUT2D eigenvalue weighted by atomic mass is 16.5. The number of benzene rings is 2. The highest BCUT2D eigenvalue weighted by Gasteiger charge is 2.28. The van der Waals surface area contributed by atoms with E-state index in [1.165, 1.54) is 23.1 Å². The van der Waals surface area contributed by atoms with Gasteiger partial charge in [0.15, 0.2) is 6.61 Å². The second kappa shape index (κ2) is 7.77. The van der Waals surface area contributed by atoms with Crippen LogP contribution in [0.1, 0.15) is 17.3 Å². The van der Waals surface area contributed by atoms with E-state index >= 15 is 0 Å². The van der Waals surface area contributed by atoms with Gasteiger partial charge >= 0.3 is 5.97 Å². The van der Waals surface area contributed by atoms with Crippen LogP contribution in [0.4, 0.5) is 11.4 Å². The summed E-state index contributed by atoms with van der Waals surface area (Å²) in [4.78, 5) is 37.0. The molecule has 2 aromatic carbocycles. The molecule has 0 spiro atoms. The average Bonchev–Trinajstić information content (AvgIpc) is 2.65. The maximum absolute atomic E-state index is 12.4. The van der Waals surface area contributed by atoms with Crippen molar-refractivity contribution < 1.29 is 29.0 Å².